The molecule has 0 aliphatic carbocycles. The van der Waals surface area contributed by atoms with Crippen molar-refractivity contribution in [3.8, 4) is 5.75 Å². The number of thiol groups is 1. The van der Waals surface area contributed by atoms with Crippen molar-refractivity contribution in [3.05, 3.63) is 45.9 Å². The van der Waals surface area contributed by atoms with Crippen LogP contribution >= 0.6 is 24.0 Å². The number of ether oxygens (including phenoxy) is 1. The number of rotatable bonds is 25. The Morgan fingerprint density at radius 3 is 2.38 bits per heavy atom. The van der Waals surface area contributed by atoms with Crippen LogP contribution in [0.5, 0.6) is 5.75 Å². The van der Waals surface area contributed by atoms with Crippen LogP contribution in [-0.2, 0) is 25.5 Å². The lowest BCUT2D eigenvalue weighted by molar-refractivity contribution is -0.143. The molecular formula is C44H72N6O6S2. The molecule has 7 atom stereocenters. The Morgan fingerprint density at radius 1 is 1.03 bits per heavy atom. The minimum atomic E-state index is -0.649. The Labute approximate surface area is 357 Å². The first-order valence-corrected chi connectivity index (χ1v) is 23.1. The van der Waals surface area contributed by atoms with E-state index in [9.17, 15) is 24.3 Å². The minimum Gasteiger partial charge on any atom is -0.508 e. The van der Waals surface area contributed by atoms with E-state index in [1.807, 2.05) is 44.9 Å². The Morgan fingerprint density at radius 2 is 1.76 bits per heavy atom. The number of aromatic nitrogens is 1. The van der Waals surface area contributed by atoms with E-state index in [0.717, 1.165) is 50.6 Å². The van der Waals surface area contributed by atoms with Gasteiger partial charge in [0, 0.05) is 55.3 Å². The summed E-state index contributed by atoms with van der Waals surface area (Å²) in [6.45, 7) is 16.7. The zero-order valence-electron chi connectivity index (χ0n) is 36.3. The summed E-state index contributed by atoms with van der Waals surface area (Å²) < 4.78 is 6.47. The second-order valence-electron chi connectivity index (χ2n) is 16.4. The van der Waals surface area contributed by atoms with E-state index < -0.39 is 12.1 Å². The van der Waals surface area contributed by atoms with Gasteiger partial charge in [0.15, 0.2) is 0 Å². The molecule has 1 aromatic carbocycles. The number of likely N-dealkylation sites (tertiary alicyclic amines) is 1. The highest BCUT2D eigenvalue weighted by Gasteiger charge is 2.38. The zero-order chi connectivity index (χ0) is 42.8. The molecule has 14 heteroatoms. The van der Waals surface area contributed by atoms with Crippen LogP contribution in [-0.4, -0.2) is 107 Å². The van der Waals surface area contributed by atoms with Crippen LogP contribution in [0.25, 0.3) is 0 Å². The van der Waals surface area contributed by atoms with Gasteiger partial charge in [0.1, 0.15) is 28.6 Å². The van der Waals surface area contributed by atoms with Gasteiger partial charge in [-0.1, -0.05) is 73.4 Å². The maximum Gasteiger partial charge on any atom is 0.270 e. The Hall–Kier alpha value is -3.20. The minimum absolute atomic E-state index is 0.0555. The van der Waals surface area contributed by atoms with Crippen LogP contribution < -0.4 is 16.0 Å². The van der Waals surface area contributed by atoms with Crippen molar-refractivity contribution in [2.24, 2.45) is 17.8 Å². The summed E-state index contributed by atoms with van der Waals surface area (Å²) in [7, 11) is 1.98. The molecule has 0 unspecified atom stereocenters. The molecule has 0 spiro atoms. The van der Waals surface area contributed by atoms with Crippen molar-refractivity contribution in [3.63, 3.8) is 0 Å². The van der Waals surface area contributed by atoms with E-state index in [0.29, 0.717) is 56.1 Å². The van der Waals surface area contributed by atoms with Gasteiger partial charge in [0.05, 0.1) is 6.04 Å². The zero-order valence-corrected chi connectivity index (χ0v) is 38.0. The van der Waals surface area contributed by atoms with Gasteiger partial charge in [-0.15, -0.1) is 11.3 Å². The molecule has 326 valence electrons. The topological polar surface area (TPSA) is 153 Å². The fraction of sp³-hybridized carbons (Fsp3) is 0.705. The number of phenols is 1. The lowest BCUT2D eigenvalue weighted by atomic mass is 9.92. The number of hydrogen-bond donors (Lipinski definition) is 5. The number of amides is 4. The molecule has 58 heavy (non-hydrogen) atoms. The fourth-order valence-corrected chi connectivity index (χ4v) is 8.59. The summed E-state index contributed by atoms with van der Waals surface area (Å²) in [5.41, 5.74) is 1.29. The quantitative estimate of drug-likeness (QED) is 0.0686. The second kappa shape index (κ2) is 25.4. The van der Waals surface area contributed by atoms with Crippen molar-refractivity contribution < 1.29 is 29.0 Å². The molecule has 2 heterocycles. The molecule has 0 saturated carbocycles. The van der Waals surface area contributed by atoms with Crippen molar-refractivity contribution >= 4 is 47.6 Å². The standard InChI is InChI=1S/C44H72N6O6S2/c1-9-22-50(44(55)39(30(6)11-3)48-42(54)36-14-12-13-23-49(36)8)37(29(4)5)27-38(56-24-10-2)43-47-35(28-58-43)41(53)46-33(26-31(7)40(52)45-21-25-57)18-15-32-16-19-34(51)20-17-32/h16-17,19-20,28-31,33,36-39,51,57H,9-15,18,21-27H2,1-8H3,(H,45,52)(H,46,53)(H,48,54)/t30-,31-,33-,36+,37+,38+,39-/m0/s1. The number of benzene rings is 1. The lowest BCUT2D eigenvalue weighted by Crippen LogP contribution is -2.58. The maximum absolute atomic E-state index is 14.7. The number of nitrogens with zero attached hydrogens (tertiary/aromatic N) is 3. The first-order chi connectivity index (χ1) is 27.7. The molecule has 1 aliphatic rings. The van der Waals surface area contributed by atoms with E-state index in [-0.39, 0.29) is 71.0 Å². The number of likely N-dealkylation sites (N-methyl/N-ethyl adjacent to an activating group) is 1. The number of nitrogens with one attached hydrogen (secondary N) is 3. The summed E-state index contributed by atoms with van der Waals surface area (Å²) in [6, 6.07) is 5.59. The normalized spacial score (nSPS) is 17.8. The van der Waals surface area contributed by atoms with Gasteiger partial charge < -0.3 is 30.7 Å². The Kier molecular flexibility index (Phi) is 21.6. The van der Waals surface area contributed by atoms with Gasteiger partial charge in [-0.05, 0) is 88.1 Å². The summed E-state index contributed by atoms with van der Waals surface area (Å²) in [4.78, 5) is 63.9. The summed E-state index contributed by atoms with van der Waals surface area (Å²) >= 11 is 5.58. The first kappa shape index (κ1) is 49.2. The van der Waals surface area contributed by atoms with E-state index in [1.54, 1.807) is 17.5 Å². The van der Waals surface area contributed by atoms with Gasteiger partial charge in [0.2, 0.25) is 17.7 Å². The number of phenolic OH excluding ortho intramolecular Hbond substituents is 1. The summed E-state index contributed by atoms with van der Waals surface area (Å²) in [6.07, 6.45) is 6.85. The van der Waals surface area contributed by atoms with Crippen LogP contribution in [0.1, 0.15) is 133 Å². The monoisotopic (exact) mass is 844 g/mol. The molecule has 0 bridgehead atoms. The predicted octanol–water partition coefficient (Wildman–Crippen LogP) is 6.79. The molecule has 1 saturated heterocycles. The number of aryl methyl sites for hydroxylation is 1. The average molecular weight is 845 g/mol. The highest BCUT2D eigenvalue weighted by Crippen LogP contribution is 2.32. The van der Waals surface area contributed by atoms with Gasteiger partial charge >= 0.3 is 0 Å². The number of carbonyl (C=O) groups excluding carboxylic acids is 4. The third-order valence-electron chi connectivity index (χ3n) is 11.3. The van der Waals surface area contributed by atoms with E-state index in [1.165, 1.54) is 11.3 Å². The highest BCUT2D eigenvalue weighted by atomic mass is 32.1. The van der Waals surface area contributed by atoms with Crippen molar-refractivity contribution in [2.45, 2.75) is 143 Å². The number of piperidine rings is 1. The fourth-order valence-electron chi connectivity index (χ4n) is 7.62. The molecule has 3 rings (SSSR count). The number of carbonyl (C=O) groups is 4. The second-order valence-corrected chi connectivity index (χ2v) is 17.7. The SMILES string of the molecule is CCCO[C@H](C[C@H](C(C)C)N(CCC)C(=O)[C@@H](NC(=O)[C@H]1CCCCN1C)[C@@H](C)CC)c1nc(C(=O)N[C@@H](CCc2ccc(O)cc2)C[C@H](C)C(=O)NCCS)cs1. The molecule has 1 fully saturated rings. The smallest absolute Gasteiger partial charge is 0.270 e. The van der Waals surface area contributed by atoms with Crippen LogP contribution in [0, 0.1) is 17.8 Å². The van der Waals surface area contributed by atoms with Crippen LogP contribution in [0.2, 0.25) is 0 Å². The molecule has 1 aromatic heterocycles. The van der Waals surface area contributed by atoms with Gasteiger partial charge in [-0.2, -0.15) is 12.6 Å². The van der Waals surface area contributed by atoms with Gasteiger partial charge in [-0.25, -0.2) is 4.98 Å². The largest absolute Gasteiger partial charge is 0.508 e. The number of hydrogen-bond acceptors (Lipinski definition) is 10. The Balaban J connectivity index is 1.85. The van der Waals surface area contributed by atoms with E-state index in [4.69, 9.17) is 9.72 Å². The maximum atomic E-state index is 14.7. The number of aromatic hydroxyl groups is 1. The van der Waals surface area contributed by atoms with E-state index in [2.05, 4.69) is 61.2 Å². The van der Waals surface area contributed by atoms with Crippen molar-refractivity contribution in [2.75, 3.05) is 39.0 Å². The summed E-state index contributed by atoms with van der Waals surface area (Å²) in [5, 5.41) is 21.4. The summed E-state index contributed by atoms with van der Waals surface area (Å²) in [5.74, 6) is -0.156. The average Bonchev–Trinajstić information content (AvgIpc) is 3.71. The van der Waals surface area contributed by atoms with Crippen molar-refractivity contribution in [1.82, 2.24) is 30.7 Å². The van der Waals surface area contributed by atoms with Crippen LogP contribution in [0.4, 0.5) is 0 Å². The molecule has 1 aliphatic heterocycles. The van der Waals surface area contributed by atoms with E-state index >= 15 is 0 Å². The third-order valence-corrected chi connectivity index (χ3v) is 12.5. The highest BCUT2D eigenvalue weighted by molar-refractivity contribution is 7.80. The molecule has 0 radical (unpaired) electrons. The Bertz CT molecular complexity index is 1560. The number of thiazole rings is 1. The first-order valence-electron chi connectivity index (χ1n) is 21.6. The van der Waals surface area contributed by atoms with Gasteiger partial charge in [-0.3, -0.25) is 24.1 Å². The molecular weight excluding hydrogens is 773 g/mol. The van der Waals surface area contributed by atoms with Crippen LogP contribution in [0.15, 0.2) is 29.6 Å². The third kappa shape index (κ3) is 15.1. The molecule has 2 aromatic rings. The predicted molar refractivity (Wildman–Crippen MR) is 236 cm³/mol. The van der Waals surface area contributed by atoms with Crippen LogP contribution in [0.3, 0.4) is 0 Å². The molecule has 4 N–H and O–H groups in total. The van der Waals surface area contributed by atoms with Gasteiger partial charge in [0.25, 0.3) is 5.91 Å². The lowest BCUT2D eigenvalue weighted by Gasteiger charge is -2.40. The molecule has 4 amide bonds. The molecule has 12 nitrogen and oxygen atoms in total. The van der Waals surface area contributed by atoms with Crippen molar-refractivity contribution in [1.29, 1.82) is 0 Å².